The number of hydrogen-bond acceptors (Lipinski definition) is 3. The highest BCUT2D eigenvalue weighted by Crippen LogP contribution is 1.80. The highest BCUT2D eigenvalue weighted by molar-refractivity contribution is 5.91. The van der Waals surface area contributed by atoms with Gasteiger partial charge < -0.3 is 4.74 Å². The lowest BCUT2D eigenvalue weighted by Gasteiger charge is -2.00. The van der Waals surface area contributed by atoms with Crippen LogP contribution in [-0.4, -0.2) is 18.6 Å². The zero-order valence-electron chi connectivity index (χ0n) is 6.42. The van der Waals surface area contributed by atoms with Crippen LogP contribution < -0.4 is 5.32 Å². The van der Waals surface area contributed by atoms with Gasteiger partial charge in [-0.15, -0.1) is 0 Å². The fourth-order valence-corrected chi connectivity index (χ4v) is 0.373. The van der Waals surface area contributed by atoms with Crippen LogP contribution in [0.3, 0.4) is 0 Å². The molecule has 0 atom stereocenters. The van der Waals surface area contributed by atoms with E-state index in [1.165, 1.54) is 6.08 Å². The van der Waals surface area contributed by atoms with Crippen LogP contribution in [0.25, 0.3) is 0 Å². The summed E-state index contributed by atoms with van der Waals surface area (Å²) in [5.74, 6) is -0.348. The molecule has 0 aliphatic carbocycles. The minimum Gasteiger partial charge on any atom is -0.445 e. The monoisotopic (exact) mass is 157 g/mol. The molecule has 0 bridgehead atoms. The van der Waals surface area contributed by atoms with E-state index in [2.05, 4.69) is 11.3 Å². The van der Waals surface area contributed by atoms with Crippen LogP contribution in [0.2, 0.25) is 0 Å². The molecule has 4 heteroatoms. The fourth-order valence-electron chi connectivity index (χ4n) is 0.373. The Labute approximate surface area is 65.2 Å². The molecule has 62 valence electrons. The Morgan fingerprint density at radius 2 is 2.27 bits per heavy atom. The van der Waals surface area contributed by atoms with Crippen LogP contribution in [0.1, 0.15) is 13.3 Å². The number of hydrogen-bond donors (Lipinski definition) is 1. The standard InChI is InChI=1S/C7H11NO3/c1-3-5-11-7(10)8-6(9)4-2/h3H,1,4-5H2,2H3,(H,8,9,10). The molecule has 0 fully saturated rings. The van der Waals surface area contributed by atoms with E-state index in [-0.39, 0.29) is 18.9 Å². The number of carbonyl (C=O) groups is 2. The third-order valence-electron chi connectivity index (χ3n) is 0.895. The van der Waals surface area contributed by atoms with Crippen molar-refractivity contribution in [2.24, 2.45) is 0 Å². The van der Waals surface area contributed by atoms with Gasteiger partial charge in [0, 0.05) is 6.42 Å². The van der Waals surface area contributed by atoms with E-state index in [1.807, 2.05) is 5.32 Å². The number of rotatable bonds is 3. The van der Waals surface area contributed by atoms with Crippen molar-refractivity contribution < 1.29 is 14.3 Å². The van der Waals surface area contributed by atoms with Gasteiger partial charge in [-0.1, -0.05) is 19.6 Å². The summed E-state index contributed by atoms with van der Waals surface area (Å²) in [6, 6.07) is 0. The minimum absolute atomic E-state index is 0.114. The Hall–Kier alpha value is -1.32. The largest absolute Gasteiger partial charge is 0.445 e. The summed E-state index contributed by atoms with van der Waals surface area (Å²) in [7, 11) is 0. The van der Waals surface area contributed by atoms with Crippen LogP contribution in [0.5, 0.6) is 0 Å². The van der Waals surface area contributed by atoms with Gasteiger partial charge in [-0.2, -0.15) is 0 Å². The van der Waals surface area contributed by atoms with Crippen LogP contribution in [0.4, 0.5) is 4.79 Å². The maximum atomic E-state index is 10.6. The minimum atomic E-state index is -0.725. The van der Waals surface area contributed by atoms with Gasteiger partial charge in [-0.3, -0.25) is 10.1 Å². The zero-order valence-corrected chi connectivity index (χ0v) is 6.42. The van der Waals surface area contributed by atoms with E-state index in [0.29, 0.717) is 0 Å². The van der Waals surface area contributed by atoms with Crippen LogP contribution >= 0.6 is 0 Å². The molecule has 2 amide bonds. The Balaban J connectivity index is 3.51. The highest BCUT2D eigenvalue weighted by Gasteiger charge is 2.04. The molecule has 0 aromatic heterocycles. The average Bonchev–Trinajstić information content (AvgIpc) is 2.00. The Morgan fingerprint density at radius 1 is 1.64 bits per heavy atom. The van der Waals surface area contributed by atoms with Crippen molar-refractivity contribution in [1.82, 2.24) is 5.32 Å². The van der Waals surface area contributed by atoms with E-state index in [9.17, 15) is 9.59 Å². The van der Waals surface area contributed by atoms with Crippen molar-refractivity contribution in [1.29, 1.82) is 0 Å². The molecule has 0 aromatic carbocycles. The topological polar surface area (TPSA) is 55.4 Å². The average molecular weight is 157 g/mol. The van der Waals surface area contributed by atoms with Gasteiger partial charge in [0.2, 0.25) is 5.91 Å². The molecule has 0 heterocycles. The number of nitrogens with one attached hydrogen (secondary N) is 1. The summed E-state index contributed by atoms with van der Waals surface area (Å²) in [5, 5.41) is 2.02. The molecule has 0 unspecified atom stereocenters. The number of carbonyl (C=O) groups excluding carboxylic acids is 2. The van der Waals surface area contributed by atoms with Gasteiger partial charge in [0.05, 0.1) is 0 Å². The van der Waals surface area contributed by atoms with Gasteiger partial charge in [-0.05, 0) is 0 Å². The normalized spacial score (nSPS) is 8.45. The Morgan fingerprint density at radius 3 is 2.73 bits per heavy atom. The van der Waals surface area contributed by atoms with Gasteiger partial charge in [0.15, 0.2) is 0 Å². The quantitative estimate of drug-likeness (QED) is 0.617. The van der Waals surface area contributed by atoms with Crippen molar-refractivity contribution >= 4 is 12.0 Å². The second-order valence-corrected chi connectivity index (χ2v) is 1.79. The number of alkyl carbamates (subject to hydrolysis) is 1. The maximum Gasteiger partial charge on any atom is 0.414 e. The Bertz CT molecular complexity index is 165. The highest BCUT2D eigenvalue weighted by atomic mass is 16.5. The fraction of sp³-hybridized carbons (Fsp3) is 0.429. The summed E-state index contributed by atoms with van der Waals surface area (Å²) >= 11 is 0. The maximum absolute atomic E-state index is 10.6. The van der Waals surface area contributed by atoms with E-state index < -0.39 is 6.09 Å². The molecule has 0 saturated carbocycles. The lowest BCUT2D eigenvalue weighted by atomic mass is 10.5. The molecule has 11 heavy (non-hydrogen) atoms. The number of ether oxygens (including phenoxy) is 1. The van der Waals surface area contributed by atoms with Crippen molar-refractivity contribution in [3.8, 4) is 0 Å². The smallest absolute Gasteiger partial charge is 0.414 e. The van der Waals surface area contributed by atoms with Crippen molar-refractivity contribution in [3.63, 3.8) is 0 Å². The van der Waals surface area contributed by atoms with Crippen LogP contribution in [0, 0.1) is 0 Å². The molecule has 0 saturated heterocycles. The first-order chi connectivity index (χ1) is 5.20. The van der Waals surface area contributed by atoms with Gasteiger partial charge in [0.1, 0.15) is 6.61 Å². The molecule has 4 nitrogen and oxygen atoms in total. The molecule has 1 N–H and O–H groups in total. The molecule has 0 rings (SSSR count). The third-order valence-corrected chi connectivity index (χ3v) is 0.895. The first-order valence-corrected chi connectivity index (χ1v) is 3.28. The molecular formula is C7H11NO3. The van der Waals surface area contributed by atoms with Crippen molar-refractivity contribution in [2.75, 3.05) is 6.61 Å². The number of imide groups is 1. The van der Waals surface area contributed by atoms with Crippen LogP contribution in [0.15, 0.2) is 12.7 Å². The lowest BCUT2D eigenvalue weighted by molar-refractivity contribution is -0.120. The van der Waals surface area contributed by atoms with E-state index in [1.54, 1.807) is 6.92 Å². The first-order valence-electron chi connectivity index (χ1n) is 3.28. The van der Waals surface area contributed by atoms with E-state index in [4.69, 9.17) is 0 Å². The molecule has 0 aromatic rings. The van der Waals surface area contributed by atoms with E-state index in [0.717, 1.165) is 0 Å². The predicted octanol–water partition coefficient (Wildman–Crippen LogP) is 0.835. The summed E-state index contributed by atoms with van der Waals surface area (Å²) in [6.07, 6.45) is 0.968. The third kappa shape index (κ3) is 5.14. The van der Waals surface area contributed by atoms with Gasteiger partial charge in [0.25, 0.3) is 0 Å². The van der Waals surface area contributed by atoms with Crippen molar-refractivity contribution in [3.05, 3.63) is 12.7 Å². The second-order valence-electron chi connectivity index (χ2n) is 1.79. The summed E-state index contributed by atoms with van der Waals surface area (Å²) in [4.78, 5) is 21.1. The molecule has 0 radical (unpaired) electrons. The van der Waals surface area contributed by atoms with Gasteiger partial charge in [-0.25, -0.2) is 4.79 Å². The van der Waals surface area contributed by atoms with Crippen molar-refractivity contribution in [2.45, 2.75) is 13.3 Å². The summed E-state index contributed by atoms with van der Waals surface area (Å²) in [5.41, 5.74) is 0. The van der Waals surface area contributed by atoms with Crippen LogP contribution in [-0.2, 0) is 9.53 Å². The summed E-state index contributed by atoms with van der Waals surface area (Å²) < 4.78 is 4.47. The zero-order chi connectivity index (χ0) is 8.69. The molecule has 0 aliphatic rings. The SMILES string of the molecule is C=CCOC(=O)NC(=O)CC. The Kier molecular flexibility index (Phi) is 4.81. The molecule has 0 aliphatic heterocycles. The predicted molar refractivity (Wildman–Crippen MR) is 40.0 cm³/mol. The number of amides is 2. The first kappa shape index (κ1) is 9.68. The summed E-state index contributed by atoms with van der Waals surface area (Å²) in [6.45, 7) is 5.10. The second kappa shape index (κ2) is 5.46. The van der Waals surface area contributed by atoms with E-state index >= 15 is 0 Å². The lowest BCUT2D eigenvalue weighted by Crippen LogP contribution is -2.30. The molecular weight excluding hydrogens is 146 g/mol. The molecule has 0 spiro atoms. The van der Waals surface area contributed by atoms with Gasteiger partial charge >= 0.3 is 6.09 Å².